The maximum atomic E-state index is 6.09. The normalized spacial score (nSPS) is 18.3. The molecule has 0 aliphatic rings. The quantitative estimate of drug-likeness (QED) is 0.699. The van der Waals surface area contributed by atoms with Gasteiger partial charge in [-0.25, -0.2) is 4.98 Å². The second kappa shape index (κ2) is 6.37. The van der Waals surface area contributed by atoms with E-state index >= 15 is 0 Å². The molecule has 1 aromatic heterocycles. The summed E-state index contributed by atoms with van der Waals surface area (Å²) in [5.41, 5.74) is 0.0278. The predicted molar refractivity (Wildman–Crippen MR) is 75.7 cm³/mol. The summed E-state index contributed by atoms with van der Waals surface area (Å²) >= 11 is 0. The Hall–Kier alpha value is -0.830. The second-order valence-electron chi connectivity index (χ2n) is 5.65. The van der Waals surface area contributed by atoms with Crippen LogP contribution in [0.1, 0.15) is 60.3 Å². The molecule has 2 atom stereocenters. The van der Waals surface area contributed by atoms with Crippen LogP contribution in [0.25, 0.3) is 0 Å². The molecule has 3 heteroatoms. The smallest absolute Gasteiger partial charge is 0.0951 e. The van der Waals surface area contributed by atoms with Gasteiger partial charge in [-0.3, -0.25) is 0 Å². The van der Waals surface area contributed by atoms with E-state index in [-0.39, 0.29) is 11.1 Å². The lowest BCUT2D eigenvalue weighted by Gasteiger charge is -2.39. The van der Waals surface area contributed by atoms with Gasteiger partial charge in [0.15, 0.2) is 0 Å². The first-order valence-electron chi connectivity index (χ1n) is 7.12. The topological polar surface area (TPSA) is 27.1 Å². The molecule has 0 saturated carbocycles. The minimum Gasteiger partial charge on any atom is -0.375 e. The summed E-state index contributed by atoms with van der Waals surface area (Å²) in [7, 11) is 0. The number of hydrogen-bond donors (Lipinski definition) is 0. The summed E-state index contributed by atoms with van der Waals surface area (Å²) in [5.74, 6) is 0. The van der Waals surface area contributed by atoms with Gasteiger partial charge in [0.2, 0.25) is 0 Å². The zero-order valence-electron chi connectivity index (χ0n) is 12.6. The van der Waals surface area contributed by atoms with Crippen LogP contribution in [0.15, 0.2) is 18.7 Å². The SMILES string of the molecule is CCCOC(C)(CC)CC(C)(CC)n1ccnc1. The van der Waals surface area contributed by atoms with E-state index < -0.39 is 0 Å². The van der Waals surface area contributed by atoms with Crippen molar-refractivity contribution >= 4 is 0 Å². The third-order valence-electron chi connectivity index (χ3n) is 4.05. The maximum Gasteiger partial charge on any atom is 0.0951 e. The molecule has 0 aliphatic heterocycles. The molecule has 0 saturated heterocycles. The van der Waals surface area contributed by atoms with Gasteiger partial charge in [-0.1, -0.05) is 20.8 Å². The van der Waals surface area contributed by atoms with Gasteiger partial charge in [-0.05, 0) is 39.5 Å². The average molecular weight is 252 g/mol. The van der Waals surface area contributed by atoms with Crippen molar-refractivity contribution in [2.24, 2.45) is 0 Å². The summed E-state index contributed by atoms with van der Waals surface area (Å²) in [6.45, 7) is 12.0. The van der Waals surface area contributed by atoms with Crippen molar-refractivity contribution in [1.29, 1.82) is 0 Å². The first kappa shape index (κ1) is 15.2. The van der Waals surface area contributed by atoms with Crippen molar-refractivity contribution in [3.05, 3.63) is 18.7 Å². The Labute approximate surface area is 112 Å². The van der Waals surface area contributed by atoms with E-state index in [4.69, 9.17) is 4.74 Å². The fourth-order valence-corrected chi connectivity index (χ4v) is 2.41. The van der Waals surface area contributed by atoms with E-state index in [1.165, 1.54) is 0 Å². The standard InChI is InChI=1S/C15H28N2O/c1-6-11-18-15(5,8-3)12-14(4,7-2)17-10-9-16-13-17/h9-10,13H,6-8,11-12H2,1-5H3. The van der Waals surface area contributed by atoms with Crippen LogP contribution in [-0.4, -0.2) is 21.8 Å². The molecule has 0 spiro atoms. The Kier molecular flexibility index (Phi) is 5.39. The molecule has 18 heavy (non-hydrogen) atoms. The number of ether oxygens (including phenoxy) is 1. The van der Waals surface area contributed by atoms with Crippen LogP contribution in [0, 0.1) is 0 Å². The Morgan fingerprint density at radius 2 is 1.89 bits per heavy atom. The molecule has 1 heterocycles. The van der Waals surface area contributed by atoms with Crippen LogP contribution >= 0.6 is 0 Å². The molecule has 0 radical (unpaired) electrons. The van der Waals surface area contributed by atoms with Crippen LogP contribution in [-0.2, 0) is 10.3 Å². The molecule has 0 aromatic carbocycles. The minimum absolute atomic E-state index is 0.0506. The molecular weight excluding hydrogens is 224 g/mol. The van der Waals surface area contributed by atoms with Crippen molar-refractivity contribution < 1.29 is 4.74 Å². The van der Waals surface area contributed by atoms with Crippen LogP contribution in [0.3, 0.4) is 0 Å². The summed E-state index contributed by atoms with van der Waals surface area (Å²) in [5, 5.41) is 0. The van der Waals surface area contributed by atoms with E-state index in [0.29, 0.717) is 0 Å². The van der Waals surface area contributed by atoms with Crippen molar-refractivity contribution in [2.45, 2.75) is 71.4 Å². The maximum absolute atomic E-state index is 6.09. The van der Waals surface area contributed by atoms with Gasteiger partial charge in [0.1, 0.15) is 0 Å². The van der Waals surface area contributed by atoms with Gasteiger partial charge in [-0.15, -0.1) is 0 Å². The monoisotopic (exact) mass is 252 g/mol. The highest BCUT2D eigenvalue weighted by atomic mass is 16.5. The van der Waals surface area contributed by atoms with Crippen molar-refractivity contribution in [3.8, 4) is 0 Å². The van der Waals surface area contributed by atoms with Crippen LogP contribution < -0.4 is 0 Å². The molecule has 0 fully saturated rings. The molecule has 0 bridgehead atoms. The fraction of sp³-hybridized carbons (Fsp3) is 0.800. The fourth-order valence-electron chi connectivity index (χ4n) is 2.41. The molecule has 1 aromatic rings. The Morgan fingerprint density at radius 3 is 2.33 bits per heavy atom. The van der Waals surface area contributed by atoms with Crippen molar-refractivity contribution in [2.75, 3.05) is 6.61 Å². The Balaban J connectivity index is 2.83. The first-order valence-corrected chi connectivity index (χ1v) is 7.12. The number of aromatic nitrogens is 2. The molecule has 2 unspecified atom stereocenters. The molecule has 3 nitrogen and oxygen atoms in total. The largest absolute Gasteiger partial charge is 0.375 e. The van der Waals surface area contributed by atoms with E-state index in [2.05, 4.69) is 50.4 Å². The number of rotatable bonds is 8. The van der Waals surface area contributed by atoms with E-state index in [1.54, 1.807) is 0 Å². The third-order valence-corrected chi connectivity index (χ3v) is 4.05. The Morgan fingerprint density at radius 1 is 1.17 bits per heavy atom. The van der Waals surface area contributed by atoms with E-state index in [0.717, 1.165) is 32.3 Å². The van der Waals surface area contributed by atoms with Crippen molar-refractivity contribution in [3.63, 3.8) is 0 Å². The number of hydrogen-bond acceptors (Lipinski definition) is 2. The molecule has 0 amide bonds. The summed E-state index contributed by atoms with van der Waals surface area (Å²) in [4.78, 5) is 4.18. The molecule has 0 aliphatic carbocycles. The number of imidazole rings is 1. The van der Waals surface area contributed by atoms with Gasteiger partial charge in [0.25, 0.3) is 0 Å². The lowest BCUT2D eigenvalue weighted by atomic mass is 9.83. The zero-order chi connectivity index (χ0) is 13.6. The highest BCUT2D eigenvalue weighted by molar-refractivity contribution is 4.93. The first-order chi connectivity index (χ1) is 8.49. The summed E-state index contributed by atoms with van der Waals surface area (Å²) in [6.07, 6.45) is 10.0. The molecule has 1 rings (SSSR count). The predicted octanol–water partition coefficient (Wildman–Crippen LogP) is 3.99. The van der Waals surface area contributed by atoms with E-state index in [1.807, 2.05) is 12.5 Å². The molecule has 0 N–H and O–H groups in total. The van der Waals surface area contributed by atoms with Crippen LogP contribution in [0.4, 0.5) is 0 Å². The summed E-state index contributed by atoms with van der Waals surface area (Å²) < 4.78 is 8.31. The van der Waals surface area contributed by atoms with Gasteiger partial charge >= 0.3 is 0 Å². The third kappa shape index (κ3) is 3.58. The van der Waals surface area contributed by atoms with E-state index in [9.17, 15) is 0 Å². The molecular formula is C15H28N2O. The van der Waals surface area contributed by atoms with Gasteiger partial charge in [0, 0.05) is 24.5 Å². The lowest BCUT2D eigenvalue weighted by molar-refractivity contribution is -0.0624. The van der Waals surface area contributed by atoms with Crippen LogP contribution in [0.2, 0.25) is 0 Å². The highest BCUT2D eigenvalue weighted by Crippen LogP contribution is 2.34. The van der Waals surface area contributed by atoms with Crippen LogP contribution in [0.5, 0.6) is 0 Å². The summed E-state index contributed by atoms with van der Waals surface area (Å²) in [6, 6.07) is 0. The van der Waals surface area contributed by atoms with Gasteiger partial charge in [-0.2, -0.15) is 0 Å². The Bertz CT molecular complexity index is 336. The second-order valence-corrected chi connectivity index (χ2v) is 5.65. The average Bonchev–Trinajstić information content (AvgIpc) is 2.91. The van der Waals surface area contributed by atoms with Crippen molar-refractivity contribution in [1.82, 2.24) is 9.55 Å². The van der Waals surface area contributed by atoms with Gasteiger partial charge in [0.05, 0.1) is 11.9 Å². The zero-order valence-corrected chi connectivity index (χ0v) is 12.6. The van der Waals surface area contributed by atoms with Gasteiger partial charge < -0.3 is 9.30 Å². The molecule has 104 valence electrons. The number of nitrogens with zero attached hydrogens (tertiary/aromatic N) is 2. The highest BCUT2D eigenvalue weighted by Gasteiger charge is 2.34. The minimum atomic E-state index is -0.0506. The lowest BCUT2D eigenvalue weighted by Crippen LogP contribution is -2.40.